The van der Waals surface area contributed by atoms with Crippen molar-refractivity contribution in [2.45, 2.75) is 89.7 Å². The average Bonchev–Trinajstić information content (AvgIpc) is 2.43. The Balaban J connectivity index is 3.75. The number of carbonyl (C=O) groups excluding carboxylic acids is 1. The normalized spacial score (nSPS) is 13.0. The lowest BCUT2D eigenvalue weighted by molar-refractivity contribution is -0.142. The molecule has 6 heteroatoms. The van der Waals surface area contributed by atoms with E-state index >= 15 is 0 Å². The molecule has 0 saturated carbocycles. The van der Waals surface area contributed by atoms with E-state index in [1.165, 1.54) is 38.5 Å². The first-order valence-electron chi connectivity index (χ1n) is 8.56. The molecule has 0 aliphatic carbocycles. The predicted molar refractivity (Wildman–Crippen MR) is 88.4 cm³/mol. The summed E-state index contributed by atoms with van der Waals surface area (Å²) in [5.41, 5.74) is 0. The zero-order chi connectivity index (χ0) is 16.8. The molecule has 0 aliphatic heterocycles. The van der Waals surface area contributed by atoms with E-state index in [1.54, 1.807) is 6.92 Å². The van der Waals surface area contributed by atoms with Crippen molar-refractivity contribution in [2.75, 3.05) is 6.61 Å². The Bertz CT molecular complexity index is 378. The van der Waals surface area contributed by atoms with Crippen LogP contribution < -0.4 is 0 Å². The number of ether oxygens (including phenoxy) is 1. The van der Waals surface area contributed by atoms with E-state index in [2.05, 4.69) is 6.92 Å². The summed E-state index contributed by atoms with van der Waals surface area (Å²) in [7, 11) is -4.37. The fourth-order valence-electron chi connectivity index (χ4n) is 2.44. The van der Waals surface area contributed by atoms with Crippen molar-refractivity contribution in [3.63, 3.8) is 0 Å². The van der Waals surface area contributed by atoms with Crippen LogP contribution in [0.2, 0.25) is 0 Å². The molecule has 0 spiro atoms. The highest BCUT2D eigenvalue weighted by molar-refractivity contribution is 7.87. The van der Waals surface area contributed by atoms with Crippen LogP contribution >= 0.6 is 0 Å². The van der Waals surface area contributed by atoms with E-state index in [9.17, 15) is 13.2 Å². The Morgan fingerprint density at radius 1 is 0.909 bits per heavy atom. The van der Waals surface area contributed by atoms with Crippen LogP contribution in [0.15, 0.2) is 0 Å². The predicted octanol–water partition coefficient (Wildman–Crippen LogP) is 4.12. The quantitative estimate of drug-likeness (QED) is 0.293. The summed E-state index contributed by atoms with van der Waals surface area (Å²) < 4.78 is 36.2. The number of hydrogen-bond acceptors (Lipinski definition) is 4. The highest BCUT2D eigenvalue weighted by atomic mass is 32.2. The molecule has 0 saturated heterocycles. The fourth-order valence-corrected chi connectivity index (χ4v) is 3.22. The van der Waals surface area contributed by atoms with Crippen LogP contribution in [0.25, 0.3) is 0 Å². The number of hydrogen-bond donors (Lipinski definition) is 1. The van der Waals surface area contributed by atoms with Crippen LogP contribution in [0.1, 0.15) is 84.5 Å². The van der Waals surface area contributed by atoms with Gasteiger partial charge in [-0.25, -0.2) is 0 Å². The summed E-state index contributed by atoms with van der Waals surface area (Å²) in [5.74, 6) is -0.846. The third-order valence-corrected chi connectivity index (χ3v) is 4.88. The lowest BCUT2D eigenvalue weighted by atomic mass is 10.1. The van der Waals surface area contributed by atoms with Crippen LogP contribution in [-0.2, 0) is 19.6 Å². The van der Waals surface area contributed by atoms with Crippen LogP contribution in [0.4, 0.5) is 0 Å². The lowest BCUT2D eigenvalue weighted by Gasteiger charge is -2.12. The Labute approximate surface area is 135 Å². The van der Waals surface area contributed by atoms with E-state index in [0.717, 1.165) is 19.3 Å². The zero-order valence-electron chi connectivity index (χ0n) is 14.1. The molecule has 0 bridgehead atoms. The molecule has 1 unspecified atom stereocenters. The van der Waals surface area contributed by atoms with Gasteiger partial charge in [-0.05, 0) is 13.3 Å². The smallest absolute Gasteiger partial charge is 0.326 e. The maximum Gasteiger partial charge on any atom is 0.326 e. The molecule has 0 aromatic rings. The molecule has 0 fully saturated rings. The topological polar surface area (TPSA) is 80.7 Å². The summed E-state index contributed by atoms with van der Waals surface area (Å²) in [6.45, 7) is 3.93. The summed E-state index contributed by atoms with van der Waals surface area (Å²) in [5, 5.41) is -1.43. The molecule has 0 radical (unpaired) electrons. The van der Waals surface area contributed by atoms with Gasteiger partial charge in [0.25, 0.3) is 10.1 Å². The molecule has 0 aromatic heterocycles. The van der Waals surface area contributed by atoms with Gasteiger partial charge in [0.05, 0.1) is 6.61 Å². The standard InChI is InChI=1S/C16H32O5S/c1-3-5-6-7-8-9-10-11-12-13-14-15(22(18,19)20)16(17)21-4-2/h15H,3-14H2,1-2H3,(H,18,19,20). The van der Waals surface area contributed by atoms with Crippen LogP contribution in [0.3, 0.4) is 0 Å². The molecular weight excluding hydrogens is 304 g/mol. The van der Waals surface area contributed by atoms with Crippen molar-refractivity contribution >= 4 is 16.1 Å². The van der Waals surface area contributed by atoms with Gasteiger partial charge in [0.15, 0.2) is 5.25 Å². The number of carbonyl (C=O) groups is 1. The van der Waals surface area contributed by atoms with Gasteiger partial charge in [0.1, 0.15) is 0 Å². The van der Waals surface area contributed by atoms with Gasteiger partial charge in [-0.3, -0.25) is 9.35 Å². The molecule has 22 heavy (non-hydrogen) atoms. The molecule has 0 heterocycles. The Kier molecular flexibility index (Phi) is 12.5. The first-order valence-corrected chi connectivity index (χ1v) is 10.1. The lowest BCUT2D eigenvalue weighted by Crippen LogP contribution is -2.31. The molecule has 5 nitrogen and oxygen atoms in total. The molecule has 132 valence electrons. The minimum Gasteiger partial charge on any atom is -0.465 e. The SMILES string of the molecule is CCCCCCCCCCCCC(C(=O)OCC)S(=O)(=O)O. The minimum atomic E-state index is -4.37. The molecule has 0 amide bonds. The van der Waals surface area contributed by atoms with Gasteiger partial charge in [-0.2, -0.15) is 8.42 Å². The largest absolute Gasteiger partial charge is 0.465 e. The van der Waals surface area contributed by atoms with E-state index in [-0.39, 0.29) is 13.0 Å². The van der Waals surface area contributed by atoms with Crippen LogP contribution in [-0.4, -0.2) is 30.8 Å². The van der Waals surface area contributed by atoms with Crippen LogP contribution in [0, 0.1) is 0 Å². The fraction of sp³-hybridized carbons (Fsp3) is 0.938. The second-order valence-corrected chi connectivity index (χ2v) is 7.33. The average molecular weight is 336 g/mol. The maximum absolute atomic E-state index is 11.5. The molecule has 0 aliphatic rings. The first-order chi connectivity index (χ1) is 10.4. The van der Waals surface area contributed by atoms with Crippen molar-refractivity contribution < 1.29 is 22.5 Å². The van der Waals surface area contributed by atoms with Gasteiger partial charge in [0.2, 0.25) is 0 Å². The van der Waals surface area contributed by atoms with Crippen LogP contribution in [0.5, 0.6) is 0 Å². The molecule has 0 aromatic carbocycles. The van der Waals surface area contributed by atoms with Crippen molar-refractivity contribution in [3.05, 3.63) is 0 Å². The Morgan fingerprint density at radius 3 is 1.77 bits per heavy atom. The summed E-state index contributed by atoms with van der Waals surface area (Å²) in [4.78, 5) is 11.5. The molecule has 1 N–H and O–H groups in total. The summed E-state index contributed by atoms with van der Waals surface area (Å²) >= 11 is 0. The van der Waals surface area contributed by atoms with E-state index in [1.807, 2.05) is 0 Å². The second kappa shape index (κ2) is 12.9. The number of unbranched alkanes of at least 4 members (excludes halogenated alkanes) is 9. The van der Waals surface area contributed by atoms with Gasteiger partial charge < -0.3 is 4.74 Å². The second-order valence-electron chi connectivity index (χ2n) is 5.73. The monoisotopic (exact) mass is 336 g/mol. The Morgan fingerprint density at radius 2 is 1.36 bits per heavy atom. The van der Waals surface area contributed by atoms with E-state index in [0.29, 0.717) is 6.42 Å². The highest BCUT2D eigenvalue weighted by Crippen LogP contribution is 2.15. The first kappa shape index (κ1) is 21.4. The molecule has 1 atom stereocenters. The van der Waals surface area contributed by atoms with Crippen molar-refractivity contribution in [1.29, 1.82) is 0 Å². The summed E-state index contributed by atoms with van der Waals surface area (Å²) in [6.07, 6.45) is 11.4. The number of rotatable bonds is 14. The third kappa shape index (κ3) is 11.0. The highest BCUT2D eigenvalue weighted by Gasteiger charge is 2.31. The summed E-state index contributed by atoms with van der Waals surface area (Å²) in [6, 6.07) is 0. The van der Waals surface area contributed by atoms with Crippen molar-refractivity contribution in [1.82, 2.24) is 0 Å². The third-order valence-electron chi connectivity index (χ3n) is 3.73. The maximum atomic E-state index is 11.5. The number of esters is 1. The van der Waals surface area contributed by atoms with Gasteiger partial charge >= 0.3 is 5.97 Å². The minimum absolute atomic E-state index is 0.114. The zero-order valence-corrected chi connectivity index (χ0v) is 14.9. The van der Waals surface area contributed by atoms with Gasteiger partial charge in [0, 0.05) is 0 Å². The van der Waals surface area contributed by atoms with Crippen molar-refractivity contribution in [2.24, 2.45) is 0 Å². The van der Waals surface area contributed by atoms with E-state index in [4.69, 9.17) is 9.29 Å². The van der Waals surface area contributed by atoms with Gasteiger partial charge in [-0.1, -0.05) is 71.1 Å². The van der Waals surface area contributed by atoms with Crippen molar-refractivity contribution in [3.8, 4) is 0 Å². The molecule has 0 rings (SSSR count). The molecular formula is C16H32O5S. The van der Waals surface area contributed by atoms with E-state index < -0.39 is 21.3 Å². The Hall–Kier alpha value is -0.620. The van der Waals surface area contributed by atoms with Gasteiger partial charge in [-0.15, -0.1) is 0 Å².